The highest BCUT2D eigenvalue weighted by atomic mass is 32.1. The number of carbonyl (C=O) groups excluding carboxylic acids is 1. The standard InChI is InChI=1S/C9H11NOS/c1-6-4-3-5-7(2)8(6)10-9(11)12/h3-5H,1-2H3,(H2,10,11,12). The van der Waals surface area contributed by atoms with Crippen LogP contribution in [-0.4, -0.2) is 5.24 Å². The average Bonchev–Trinajstić information content (AvgIpc) is 1.97. The largest absolute Gasteiger partial charge is 0.317 e. The zero-order chi connectivity index (χ0) is 9.14. The Hall–Kier alpha value is -0.960. The van der Waals surface area contributed by atoms with Crippen molar-refractivity contribution in [2.45, 2.75) is 13.8 Å². The highest BCUT2D eigenvalue weighted by molar-refractivity contribution is 7.96. The first-order chi connectivity index (χ1) is 5.61. The molecular formula is C9H11NOS. The first kappa shape index (κ1) is 9.13. The van der Waals surface area contributed by atoms with Gasteiger partial charge in [0.15, 0.2) is 0 Å². The van der Waals surface area contributed by atoms with Crippen LogP contribution in [0, 0.1) is 13.8 Å². The fourth-order valence-electron chi connectivity index (χ4n) is 1.12. The normalized spacial score (nSPS) is 9.58. The molecule has 0 unspecified atom stereocenters. The van der Waals surface area contributed by atoms with Gasteiger partial charge in [0.2, 0.25) is 0 Å². The van der Waals surface area contributed by atoms with Gasteiger partial charge in [0, 0.05) is 5.69 Å². The van der Waals surface area contributed by atoms with Crippen LogP contribution in [0.25, 0.3) is 0 Å². The highest BCUT2D eigenvalue weighted by Crippen LogP contribution is 2.19. The minimum atomic E-state index is -0.326. The lowest BCUT2D eigenvalue weighted by Crippen LogP contribution is -2.04. The molecule has 0 bridgehead atoms. The summed E-state index contributed by atoms with van der Waals surface area (Å²) >= 11 is 3.65. The van der Waals surface area contributed by atoms with Gasteiger partial charge in [-0.25, -0.2) is 0 Å². The first-order valence-corrected chi connectivity index (χ1v) is 4.12. The van der Waals surface area contributed by atoms with E-state index in [1.54, 1.807) is 0 Å². The summed E-state index contributed by atoms with van der Waals surface area (Å²) in [6.45, 7) is 3.90. The fraction of sp³-hybridized carbons (Fsp3) is 0.222. The molecule has 2 nitrogen and oxygen atoms in total. The third-order valence-electron chi connectivity index (χ3n) is 1.71. The Labute approximate surface area is 77.4 Å². The molecule has 0 saturated heterocycles. The van der Waals surface area contributed by atoms with E-state index >= 15 is 0 Å². The molecular weight excluding hydrogens is 170 g/mol. The first-order valence-electron chi connectivity index (χ1n) is 3.67. The van der Waals surface area contributed by atoms with Crippen molar-refractivity contribution in [1.82, 2.24) is 0 Å². The summed E-state index contributed by atoms with van der Waals surface area (Å²) in [5, 5.41) is 2.34. The van der Waals surface area contributed by atoms with Gasteiger partial charge < -0.3 is 5.32 Å². The maximum atomic E-state index is 10.7. The molecule has 0 aliphatic rings. The number of para-hydroxylation sites is 1. The molecule has 0 aromatic heterocycles. The van der Waals surface area contributed by atoms with Crippen LogP contribution in [0.4, 0.5) is 10.5 Å². The van der Waals surface area contributed by atoms with E-state index in [2.05, 4.69) is 17.9 Å². The van der Waals surface area contributed by atoms with Gasteiger partial charge in [-0.15, -0.1) is 0 Å². The molecule has 1 rings (SSSR count). The number of anilines is 1. The molecule has 0 fully saturated rings. The van der Waals surface area contributed by atoms with Gasteiger partial charge in [-0.2, -0.15) is 0 Å². The number of amides is 1. The highest BCUT2D eigenvalue weighted by Gasteiger charge is 2.02. The second kappa shape index (κ2) is 3.63. The second-order valence-corrected chi connectivity index (χ2v) is 3.10. The van der Waals surface area contributed by atoms with E-state index in [1.807, 2.05) is 32.0 Å². The third kappa shape index (κ3) is 2.01. The molecule has 0 saturated carbocycles. The van der Waals surface area contributed by atoms with E-state index in [0.717, 1.165) is 16.8 Å². The molecule has 12 heavy (non-hydrogen) atoms. The van der Waals surface area contributed by atoms with Crippen LogP contribution in [0.2, 0.25) is 0 Å². The number of carbonyl (C=O) groups is 1. The van der Waals surface area contributed by atoms with Crippen molar-refractivity contribution in [2.75, 3.05) is 5.32 Å². The lowest BCUT2D eigenvalue weighted by molar-refractivity contribution is 0.270. The molecule has 0 heterocycles. The summed E-state index contributed by atoms with van der Waals surface area (Å²) in [5.41, 5.74) is 2.97. The molecule has 0 radical (unpaired) electrons. The van der Waals surface area contributed by atoms with Crippen LogP contribution in [0.15, 0.2) is 18.2 Å². The Kier molecular flexibility index (Phi) is 2.76. The van der Waals surface area contributed by atoms with E-state index in [4.69, 9.17) is 0 Å². The summed E-state index contributed by atoms with van der Waals surface area (Å²) in [5.74, 6) is 0. The van der Waals surface area contributed by atoms with Crippen LogP contribution in [0.5, 0.6) is 0 Å². The maximum absolute atomic E-state index is 10.7. The molecule has 1 aromatic rings. The van der Waals surface area contributed by atoms with Crippen LogP contribution in [-0.2, 0) is 0 Å². The predicted octanol–water partition coefficient (Wildman–Crippen LogP) is 2.77. The van der Waals surface area contributed by atoms with Gasteiger partial charge in [-0.05, 0) is 25.0 Å². The number of hydrogen-bond acceptors (Lipinski definition) is 1. The lowest BCUT2D eigenvalue weighted by Gasteiger charge is -2.08. The number of rotatable bonds is 1. The van der Waals surface area contributed by atoms with Crippen molar-refractivity contribution in [3.63, 3.8) is 0 Å². The topological polar surface area (TPSA) is 29.1 Å². The zero-order valence-electron chi connectivity index (χ0n) is 7.09. The quantitative estimate of drug-likeness (QED) is 0.641. The molecule has 1 aromatic carbocycles. The second-order valence-electron chi connectivity index (χ2n) is 2.70. The van der Waals surface area contributed by atoms with Gasteiger partial charge in [0.05, 0.1) is 0 Å². The molecule has 3 heteroatoms. The van der Waals surface area contributed by atoms with E-state index in [-0.39, 0.29) is 5.24 Å². The summed E-state index contributed by atoms with van der Waals surface area (Å²) in [6.07, 6.45) is 0. The van der Waals surface area contributed by atoms with Crippen molar-refractivity contribution in [1.29, 1.82) is 0 Å². The lowest BCUT2D eigenvalue weighted by atomic mass is 10.1. The molecule has 1 N–H and O–H groups in total. The van der Waals surface area contributed by atoms with Crippen molar-refractivity contribution in [2.24, 2.45) is 0 Å². The molecule has 0 aliphatic heterocycles. The Morgan fingerprint density at radius 1 is 1.33 bits per heavy atom. The maximum Gasteiger partial charge on any atom is 0.280 e. The van der Waals surface area contributed by atoms with Crippen LogP contribution >= 0.6 is 12.6 Å². The number of hydrogen-bond donors (Lipinski definition) is 2. The summed E-state index contributed by atoms with van der Waals surface area (Å²) in [6, 6.07) is 5.86. The van der Waals surface area contributed by atoms with Crippen molar-refractivity contribution in [3.05, 3.63) is 29.3 Å². The van der Waals surface area contributed by atoms with E-state index in [1.165, 1.54) is 0 Å². The monoisotopic (exact) mass is 181 g/mol. The van der Waals surface area contributed by atoms with Gasteiger partial charge in [-0.3, -0.25) is 4.79 Å². The Morgan fingerprint density at radius 3 is 2.25 bits per heavy atom. The van der Waals surface area contributed by atoms with Gasteiger partial charge in [0.25, 0.3) is 5.24 Å². The predicted molar refractivity (Wildman–Crippen MR) is 53.9 cm³/mol. The molecule has 0 aliphatic carbocycles. The average molecular weight is 181 g/mol. The fourth-order valence-corrected chi connectivity index (χ4v) is 1.23. The Balaban J connectivity index is 3.04. The molecule has 0 spiro atoms. The Bertz CT molecular complexity index is 289. The van der Waals surface area contributed by atoms with Crippen LogP contribution < -0.4 is 5.32 Å². The van der Waals surface area contributed by atoms with E-state index in [9.17, 15) is 4.79 Å². The Morgan fingerprint density at radius 2 is 1.83 bits per heavy atom. The van der Waals surface area contributed by atoms with Gasteiger partial charge >= 0.3 is 0 Å². The van der Waals surface area contributed by atoms with Gasteiger partial charge in [0.1, 0.15) is 0 Å². The number of nitrogens with one attached hydrogen (secondary N) is 1. The number of benzene rings is 1. The molecule has 64 valence electrons. The smallest absolute Gasteiger partial charge is 0.280 e. The third-order valence-corrected chi connectivity index (χ3v) is 1.82. The van der Waals surface area contributed by atoms with E-state index < -0.39 is 0 Å². The van der Waals surface area contributed by atoms with Crippen molar-refractivity contribution < 1.29 is 4.79 Å². The van der Waals surface area contributed by atoms with Crippen molar-refractivity contribution >= 4 is 23.6 Å². The van der Waals surface area contributed by atoms with Crippen molar-refractivity contribution in [3.8, 4) is 0 Å². The van der Waals surface area contributed by atoms with E-state index in [0.29, 0.717) is 0 Å². The number of aryl methyl sites for hydroxylation is 2. The summed E-state index contributed by atoms with van der Waals surface area (Å²) < 4.78 is 0. The SMILES string of the molecule is Cc1cccc(C)c1NC(=O)S. The van der Waals surface area contributed by atoms with Crippen LogP contribution in [0.3, 0.4) is 0 Å². The van der Waals surface area contributed by atoms with Crippen LogP contribution in [0.1, 0.15) is 11.1 Å². The summed E-state index contributed by atoms with van der Waals surface area (Å²) in [7, 11) is 0. The van der Waals surface area contributed by atoms with Gasteiger partial charge in [-0.1, -0.05) is 30.8 Å². The minimum absolute atomic E-state index is 0.326. The summed E-state index contributed by atoms with van der Waals surface area (Å²) in [4.78, 5) is 10.7. The molecule has 1 amide bonds. The number of thiol groups is 1. The minimum Gasteiger partial charge on any atom is -0.317 e. The molecule has 0 atom stereocenters. The zero-order valence-corrected chi connectivity index (χ0v) is 7.98.